The number of hydrogen-bond donors (Lipinski definition) is 2. The number of rotatable bonds is 4. The van der Waals surface area contributed by atoms with E-state index < -0.39 is 5.97 Å². The molecule has 0 amide bonds. The minimum Gasteiger partial charge on any atom is -0.465 e. The summed E-state index contributed by atoms with van der Waals surface area (Å²) in [6.07, 6.45) is 0.237. The van der Waals surface area contributed by atoms with Crippen molar-refractivity contribution in [1.29, 1.82) is 0 Å². The van der Waals surface area contributed by atoms with Crippen LogP contribution in [0.2, 0.25) is 0 Å². The number of hydrogen-bond acceptors (Lipinski definition) is 5. The van der Waals surface area contributed by atoms with Crippen LogP contribution < -0.4 is 11.5 Å². The molecule has 0 atom stereocenters. The number of benzene rings is 1. The van der Waals surface area contributed by atoms with Crippen LogP contribution in [0.25, 0.3) is 0 Å². The van der Waals surface area contributed by atoms with Crippen molar-refractivity contribution in [1.82, 2.24) is 0 Å². The van der Waals surface area contributed by atoms with Crippen LogP contribution >= 0.6 is 24.8 Å². The Kier molecular flexibility index (Phi) is 9.21. The van der Waals surface area contributed by atoms with Gasteiger partial charge >= 0.3 is 5.97 Å². The standard InChI is InChI=1S/C12H16N2O3.2ClH/c1-7-5-9(11(15)3-4-13)10(14)6-8(7)12(16)17-2;;/h5-6H,3-4,13-14H2,1-2H3;2*1H. The number of ketones is 1. The van der Waals surface area contributed by atoms with Crippen LogP contribution in [0.4, 0.5) is 5.69 Å². The Balaban J connectivity index is 0. The van der Waals surface area contributed by atoms with Gasteiger partial charge in [-0.15, -0.1) is 24.8 Å². The summed E-state index contributed by atoms with van der Waals surface area (Å²) in [5.41, 5.74) is 12.8. The predicted octanol–water partition coefficient (Wildman–Crippen LogP) is 1.74. The third kappa shape index (κ3) is 4.70. The van der Waals surface area contributed by atoms with E-state index in [0.29, 0.717) is 16.7 Å². The van der Waals surface area contributed by atoms with E-state index in [0.717, 1.165) is 0 Å². The molecule has 0 aromatic heterocycles. The van der Waals surface area contributed by atoms with E-state index in [1.165, 1.54) is 13.2 Å². The van der Waals surface area contributed by atoms with E-state index >= 15 is 0 Å². The van der Waals surface area contributed by atoms with Gasteiger partial charge in [-0.2, -0.15) is 0 Å². The Morgan fingerprint density at radius 3 is 2.26 bits per heavy atom. The number of carbonyl (C=O) groups is 2. The van der Waals surface area contributed by atoms with Crippen molar-refractivity contribution in [3.8, 4) is 0 Å². The lowest BCUT2D eigenvalue weighted by atomic mass is 9.99. The molecule has 4 N–H and O–H groups in total. The quantitative estimate of drug-likeness (QED) is 0.502. The summed E-state index contributed by atoms with van der Waals surface area (Å²) in [5.74, 6) is -0.587. The van der Waals surface area contributed by atoms with E-state index in [1.54, 1.807) is 13.0 Å². The number of methoxy groups -OCH3 is 1. The molecule has 1 rings (SSSR count). The van der Waals surface area contributed by atoms with E-state index in [4.69, 9.17) is 11.5 Å². The van der Waals surface area contributed by atoms with Crippen LogP contribution in [0.1, 0.15) is 32.7 Å². The third-order valence-corrected chi connectivity index (χ3v) is 2.47. The molecule has 0 radical (unpaired) electrons. The van der Waals surface area contributed by atoms with Crippen molar-refractivity contribution < 1.29 is 14.3 Å². The molecule has 5 nitrogen and oxygen atoms in total. The Morgan fingerprint density at radius 2 is 1.79 bits per heavy atom. The summed E-state index contributed by atoms with van der Waals surface area (Å²) < 4.78 is 4.62. The first-order valence-corrected chi connectivity index (χ1v) is 5.23. The second kappa shape index (κ2) is 8.74. The molecule has 0 aliphatic rings. The SMILES string of the molecule is COC(=O)c1cc(N)c(C(=O)CCN)cc1C.Cl.Cl. The van der Waals surface area contributed by atoms with Gasteiger partial charge in [0.15, 0.2) is 5.78 Å². The first-order chi connectivity index (χ1) is 8.01. The van der Waals surface area contributed by atoms with Crippen LogP contribution in [-0.4, -0.2) is 25.4 Å². The zero-order valence-corrected chi connectivity index (χ0v) is 12.4. The maximum Gasteiger partial charge on any atom is 0.338 e. The normalized spacial score (nSPS) is 9.00. The molecule has 0 fully saturated rings. The molecule has 0 unspecified atom stereocenters. The number of Topliss-reactive ketones (excluding diaryl/α,β-unsaturated/α-hetero) is 1. The number of carbonyl (C=O) groups excluding carboxylic acids is 2. The van der Waals surface area contributed by atoms with Gasteiger partial charge in [0, 0.05) is 17.7 Å². The molecule has 0 aliphatic carbocycles. The Bertz CT molecular complexity index is 465. The van der Waals surface area contributed by atoms with Gasteiger partial charge in [-0.3, -0.25) is 4.79 Å². The fourth-order valence-corrected chi connectivity index (χ4v) is 1.56. The summed E-state index contributed by atoms with van der Waals surface area (Å²) in [6.45, 7) is 2.00. The summed E-state index contributed by atoms with van der Waals surface area (Å²) in [7, 11) is 1.30. The lowest BCUT2D eigenvalue weighted by Gasteiger charge is -2.09. The topological polar surface area (TPSA) is 95.4 Å². The number of nitrogens with two attached hydrogens (primary N) is 2. The monoisotopic (exact) mass is 308 g/mol. The number of anilines is 1. The highest BCUT2D eigenvalue weighted by Gasteiger charge is 2.15. The first-order valence-electron chi connectivity index (χ1n) is 5.23. The number of esters is 1. The van der Waals surface area contributed by atoms with Gasteiger partial charge in [-0.05, 0) is 31.2 Å². The van der Waals surface area contributed by atoms with Crippen LogP contribution in [0.15, 0.2) is 12.1 Å². The van der Waals surface area contributed by atoms with Crippen molar-refractivity contribution in [2.45, 2.75) is 13.3 Å². The van der Waals surface area contributed by atoms with Gasteiger partial charge in [-0.1, -0.05) is 0 Å². The van der Waals surface area contributed by atoms with Crippen LogP contribution in [0, 0.1) is 6.92 Å². The van der Waals surface area contributed by atoms with Crippen molar-refractivity contribution in [3.05, 3.63) is 28.8 Å². The smallest absolute Gasteiger partial charge is 0.338 e. The molecule has 0 aliphatic heterocycles. The highest BCUT2D eigenvalue weighted by atomic mass is 35.5. The van der Waals surface area contributed by atoms with Gasteiger partial charge in [0.05, 0.1) is 12.7 Å². The lowest BCUT2D eigenvalue weighted by Crippen LogP contribution is -2.12. The predicted molar refractivity (Wildman–Crippen MR) is 79.4 cm³/mol. The summed E-state index contributed by atoms with van der Waals surface area (Å²) in [4.78, 5) is 23.1. The minimum atomic E-state index is -0.466. The fraction of sp³-hybridized carbons (Fsp3) is 0.333. The maximum atomic E-state index is 11.7. The second-order valence-electron chi connectivity index (χ2n) is 3.71. The number of nitrogen functional groups attached to an aromatic ring is 1. The van der Waals surface area contributed by atoms with Crippen molar-refractivity contribution in [3.63, 3.8) is 0 Å². The molecular formula is C12H18Cl2N2O3. The fourth-order valence-electron chi connectivity index (χ4n) is 1.56. The summed E-state index contributed by atoms with van der Waals surface area (Å²) in [5, 5.41) is 0. The Morgan fingerprint density at radius 1 is 1.21 bits per heavy atom. The third-order valence-electron chi connectivity index (χ3n) is 2.47. The first kappa shape index (κ1) is 20.0. The molecule has 0 saturated carbocycles. The molecule has 0 bridgehead atoms. The maximum absolute atomic E-state index is 11.7. The summed E-state index contributed by atoms with van der Waals surface area (Å²) in [6, 6.07) is 3.06. The van der Waals surface area contributed by atoms with E-state index in [-0.39, 0.29) is 49.3 Å². The van der Waals surface area contributed by atoms with Gasteiger partial charge in [-0.25, -0.2) is 4.79 Å². The highest BCUT2D eigenvalue weighted by molar-refractivity contribution is 6.03. The molecule has 0 saturated heterocycles. The molecule has 19 heavy (non-hydrogen) atoms. The number of ether oxygens (including phenoxy) is 1. The largest absolute Gasteiger partial charge is 0.465 e. The highest BCUT2D eigenvalue weighted by Crippen LogP contribution is 2.20. The van der Waals surface area contributed by atoms with Crippen LogP contribution in [0.5, 0.6) is 0 Å². The molecule has 0 spiro atoms. The van der Waals surface area contributed by atoms with E-state index in [9.17, 15) is 9.59 Å². The zero-order valence-electron chi connectivity index (χ0n) is 10.8. The molecule has 108 valence electrons. The minimum absolute atomic E-state index is 0. The number of aryl methyl sites for hydroxylation is 1. The van der Waals surface area contributed by atoms with Crippen molar-refractivity contribution in [2.24, 2.45) is 5.73 Å². The summed E-state index contributed by atoms with van der Waals surface area (Å²) >= 11 is 0. The average Bonchev–Trinajstić information content (AvgIpc) is 2.30. The lowest BCUT2D eigenvalue weighted by molar-refractivity contribution is 0.0599. The van der Waals surface area contributed by atoms with E-state index in [1.807, 2.05) is 0 Å². The number of halogens is 2. The average molecular weight is 309 g/mol. The van der Waals surface area contributed by atoms with Crippen LogP contribution in [0.3, 0.4) is 0 Å². The van der Waals surface area contributed by atoms with Crippen molar-refractivity contribution in [2.75, 3.05) is 19.4 Å². The van der Waals surface area contributed by atoms with Gasteiger partial charge in [0.2, 0.25) is 0 Å². The van der Waals surface area contributed by atoms with Crippen LogP contribution in [-0.2, 0) is 4.74 Å². The van der Waals surface area contributed by atoms with Gasteiger partial charge in [0.1, 0.15) is 0 Å². The Labute approximate surface area is 124 Å². The molecule has 7 heteroatoms. The van der Waals surface area contributed by atoms with E-state index in [2.05, 4.69) is 4.74 Å². The molecule has 1 aromatic carbocycles. The molecule has 1 aromatic rings. The van der Waals surface area contributed by atoms with Gasteiger partial charge < -0.3 is 16.2 Å². The molecule has 0 heterocycles. The second-order valence-corrected chi connectivity index (χ2v) is 3.71. The Hall–Kier alpha value is -1.30. The molecular weight excluding hydrogens is 291 g/mol. The van der Waals surface area contributed by atoms with Gasteiger partial charge in [0.25, 0.3) is 0 Å². The van der Waals surface area contributed by atoms with Crippen molar-refractivity contribution >= 4 is 42.3 Å². The zero-order chi connectivity index (χ0) is 13.0.